The molecule has 1 saturated carbocycles. The van der Waals surface area contributed by atoms with Gasteiger partial charge in [0.2, 0.25) is 0 Å². The van der Waals surface area contributed by atoms with Crippen LogP contribution >= 0.6 is 0 Å². The van der Waals surface area contributed by atoms with Crippen LogP contribution in [-0.2, 0) is 4.74 Å². The molecule has 1 aliphatic heterocycles. The molecule has 2 atom stereocenters. The van der Waals surface area contributed by atoms with Crippen LogP contribution in [0.5, 0.6) is 0 Å². The average Bonchev–Trinajstić information content (AvgIpc) is 2.55. The lowest BCUT2D eigenvalue weighted by atomic mass is 9.58. The third-order valence-electron chi connectivity index (χ3n) is 5.54. The van der Waals surface area contributed by atoms with Gasteiger partial charge in [-0.15, -0.1) is 0 Å². The highest BCUT2D eigenvalue weighted by atomic mass is 16.6. The van der Waals surface area contributed by atoms with Gasteiger partial charge in [0.05, 0.1) is 17.1 Å². The minimum Gasteiger partial charge on any atom is -0.392 e. The fourth-order valence-electron chi connectivity index (χ4n) is 4.09. The molecule has 0 aromatic heterocycles. The number of rotatable bonds is 4. The van der Waals surface area contributed by atoms with Crippen LogP contribution in [0.1, 0.15) is 31.7 Å². The summed E-state index contributed by atoms with van der Waals surface area (Å²) in [4.78, 5) is 12.8. The molecule has 2 unspecified atom stereocenters. The summed E-state index contributed by atoms with van der Waals surface area (Å²) >= 11 is 0. The summed E-state index contributed by atoms with van der Waals surface area (Å²) in [7, 11) is 0. The normalized spacial score (nSPS) is 26.1. The first kappa shape index (κ1) is 16.2. The highest BCUT2D eigenvalue weighted by Crippen LogP contribution is 2.51. The first-order valence-electron chi connectivity index (χ1n) is 8.27. The van der Waals surface area contributed by atoms with E-state index in [0.29, 0.717) is 6.61 Å². The molecule has 0 amide bonds. The van der Waals surface area contributed by atoms with Gasteiger partial charge in [-0.25, -0.2) is 0 Å². The Morgan fingerprint density at radius 3 is 2.65 bits per heavy atom. The van der Waals surface area contributed by atoms with E-state index in [1.54, 1.807) is 12.1 Å². The summed E-state index contributed by atoms with van der Waals surface area (Å²) in [5.74, 6) is 0. The summed E-state index contributed by atoms with van der Waals surface area (Å²) in [6.45, 7) is 6.28. The number of nitro groups is 1. The Balaban J connectivity index is 1.71. The van der Waals surface area contributed by atoms with E-state index in [1.165, 1.54) is 0 Å². The van der Waals surface area contributed by atoms with E-state index in [-0.39, 0.29) is 28.2 Å². The van der Waals surface area contributed by atoms with Gasteiger partial charge < -0.3 is 14.7 Å². The SMILES string of the molecule is CCOC1CC(O)C12CCN(c1ccc([N+](=O)[O-])cc1C)CC2. The second-order valence-electron chi connectivity index (χ2n) is 6.64. The van der Waals surface area contributed by atoms with Crippen molar-refractivity contribution in [2.24, 2.45) is 5.41 Å². The molecule has 1 saturated heterocycles. The molecule has 1 aromatic carbocycles. The van der Waals surface area contributed by atoms with Crippen molar-refractivity contribution in [3.05, 3.63) is 33.9 Å². The number of non-ortho nitro benzene ring substituents is 1. The maximum atomic E-state index is 10.9. The number of benzene rings is 1. The van der Waals surface area contributed by atoms with Crippen LogP contribution in [0.3, 0.4) is 0 Å². The molecule has 0 bridgehead atoms. The molecule has 1 spiro atoms. The molecule has 1 N–H and O–H groups in total. The van der Waals surface area contributed by atoms with Crippen molar-refractivity contribution < 1.29 is 14.8 Å². The Morgan fingerprint density at radius 2 is 2.13 bits per heavy atom. The summed E-state index contributed by atoms with van der Waals surface area (Å²) in [5.41, 5.74) is 2.00. The molecule has 6 heteroatoms. The fraction of sp³-hybridized carbons (Fsp3) is 0.647. The van der Waals surface area contributed by atoms with Gasteiger partial charge in [0.15, 0.2) is 0 Å². The number of ether oxygens (including phenoxy) is 1. The highest BCUT2D eigenvalue weighted by Gasteiger charge is 2.56. The molecule has 2 aliphatic rings. The van der Waals surface area contributed by atoms with Crippen molar-refractivity contribution >= 4 is 11.4 Å². The van der Waals surface area contributed by atoms with Crippen LogP contribution in [0, 0.1) is 22.5 Å². The minimum atomic E-state index is -0.362. The van der Waals surface area contributed by atoms with Gasteiger partial charge in [-0.05, 0) is 38.3 Å². The standard InChI is InChI=1S/C17H24N2O4/c1-3-23-16-11-15(20)17(16)6-8-18(9-7-17)14-5-4-13(19(21)22)10-12(14)2/h4-5,10,15-16,20H,3,6-9,11H2,1-2H3. The van der Waals surface area contributed by atoms with Gasteiger partial charge in [-0.2, -0.15) is 0 Å². The smallest absolute Gasteiger partial charge is 0.269 e. The summed E-state index contributed by atoms with van der Waals surface area (Å²) in [6, 6.07) is 5.03. The van der Waals surface area contributed by atoms with Crippen LogP contribution in [0.25, 0.3) is 0 Å². The summed E-state index contributed by atoms with van der Waals surface area (Å²) in [6.07, 6.45) is 2.44. The Kier molecular flexibility index (Phi) is 4.29. The second kappa shape index (κ2) is 6.09. The van der Waals surface area contributed by atoms with E-state index in [1.807, 2.05) is 19.9 Å². The van der Waals surface area contributed by atoms with Gasteiger partial charge >= 0.3 is 0 Å². The number of nitro benzene ring substituents is 1. The number of aliphatic hydroxyl groups excluding tert-OH is 1. The third kappa shape index (κ3) is 2.70. The van der Waals surface area contributed by atoms with Gasteiger partial charge in [0, 0.05) is 49.4 Å². The largest absolute Gasteiger partial charge is 0.392 e. The molecule has 23 heavy (non-hydrogen) atoms. The number of piperidine rings is 1. The lowest BCUT2D eigenvalue weighted by molar-refractivity contribution is -0.384. The van der Waals surface area contributed by atoms with E-state index in [4.69, 9.17) is 4.74 Å². The van der Waals surface area contributed by atoms with Gasteiger partial charge in [0.25, 0.3) is 5.69 Å². The van der Waals surface area contributed by atoms with Gasteiger partial charge in [-0.1, -0.05) is 0 Å². The average molecular weight is 320 g/mol. The van der Waals surface area contributed by atoms with Crippen molar-refractivity contribution in [3.63, 3.8) is 0 Å². The zero-order valence-corrected chi connectivity index (χ0v) is 13.7. The maximum absolute atomic E-state index is 10.9. The predicted octanol–water partition coefficient (Wildman–Crippen LogP) is 2.66. The second-order valence-corrected chi connectivity index (χ2v) is 6.64. The summed E-state index contributed by atoms with van der Waals surface area (Å²) in [5, 5.41) is 21.1. The van der Waals surface area contributed by atoms with Crippen molar-refractivity contribution in [1.29, 1.82) is 0 Å². The van der Waals surface area contributed by atoms with E-state index >= 15 is 0 Å². The number of aryl methyl sites for hydroxylation is 1. The first-order valence-corrected chi connectivity index (χ1v) is 8.27. The number of aliphatic hydroxyl groups is 1. The van der Waals surface area contributed by atoms with Crippen molar-refractivity contribution in [2.75, 3.05) is 24.6 Å². The number of nitrogens with zero attached hydrogens (tertiary/aromatic N) is 2. The summed E-state index contributed by atoms with van der Waals surface area (Å²) < 4.78 is 5.79. The van der Waals surface area contributed by atoms with Crippen LogP contribution < -0.4 is 4.90 Å². The molecule has 1 aliphatic carbocycles. The van der Waals surface area contributed by atoms with Crippen LogP contribution in [0.15, 0.2) is 18.2 Å². The number of anilines is 1. The molecule has 126 valence electrons. The van der Waals surface area contributed by atoms with Crippen LogP contribution in [0.2, 0.25) is 0 Å². The quantitative estimate of drug-likeness (QED) is 0.682. The Bertz CT molecular complexity index is 594. The van der Waals surface area contributed by atoms with E-state index in [2.05, 4.69) is 4.90 Å². The Hall–Kier alpha value is -1.66. The lowest BCUT2D eigenvalue weighted by Gasteiger charge is -2.57. The Morgan fingerprint density at radius 1 is 1.43 bits per heavy atom. The zero-order chi connectivity index (χ0) is 16.6. The maximum Gasteiger partial charge on any atom is 0.269 e. The van der Waals surface area contributed by atoms with Crippen molar-refractivity contribution in [3.8, 4) is 0 Å². The van der Waals surface area contributed by atoms with Gasteiger partial charge in [0.1, 0.15) is 0 Å². The molecule has 6 nitrogen and oxygen atoms in total. The van der Waals surface area contributed by atoms with Crippen LogP contribution in [0.4, 0.5) is 11.4 Å². The highest BCUT2D eigenvalue weighted by molar-refractivity contribution is 5.57. The zero-order valence-electron chi connectivity index (χ0n) is 13.7. The lowest BCUT2D eigenvalue weighted by Crippen LogP contribution is -2.62. The molecule has 1 aromatic rings. The first-order chi connectivity index (χ1) is 11.0. The number of hydrogen-bond acceptors (Lipinski definition) is 5. The minimum absolute atomic E-state index is 0.0960. The monoisotopic (exact) mass is 320 g/mol. The van der Waals surface area contributed by atoms with E-state index < -0.39 is 0 Å². The fourth-order valence-corrected chi connectivity index (χ4v) is 4.09. The van der Waals surface area contributed by atoms with Crippen LogP contribution in [-0.4, -0.2) is 41.9 Å². The topological polar surface area (TPSA) is 75.8 Å². The molecule has 1 heterocycles. The predicted molar refractivity (Wildman–Crippen MR) is 87.8 cm³/mol. The number of hydrogen-bond donors (Lipinski definition) is 1. The third-order valence-corrected chi connectivity index (χ3v) is 5.54. The van der Waals surface area contributed by atoms with E-state index in [9.17, 15) is 15.2 Å². The Labute approximate surface area is 136 Å². The molecule has 3 rings (SSSR count). The molecular weight excluding hydrogens is 296 g/mol. The molecule has 0 radical (unpaired) electrons. The van der Waals surface area contributed by atoms with Crippen molar-refractivity contribution in [2.45, 2.75) is 45.3 Å². The van der Waals surface area contributed by atoms with Crippen molar-refractivity contribution in [1.82, 2.24) is 0 Å². The van der Waals surface area contributed by atoms with E-state index in [0.717, 1.165) is 43.6 Å². The molecular formula is C17H24N2O4. The van der Waals surface area contributed by atoms with Gasteiger partial charge in [-0.3, -0.25) is 10.1 Å². The molecule has 2 fully saturated rings.